The zero-order valence-corrected chi connectivity index (χ0v) is 15.3. The van der Waals surface area contributed by atoms with Crippen molar-refractivity contribution in [1.29, 1.82) is 0 Å². The summed E-state index contributed by atoms with van der Waals surface area (Å²) >= 11 is 13.5. The van der Waals surface area contributed by atoms with E-state index in [9.17, 15) is 9.59 Å². The van der Waals surface area contributed by atoms with Gasteiger partial charge in [-0.25, -0.2) is 4.98 Å². The van der Waals surface area contributed by atoms with Crippen LogP contribution in [0.1, 0.15) is 33.0 Å². The first-order valence-corrected chi connectivity index (χ1v) is 9.37. The van der Waals surface area contributed by atoms with Gasteiger partial charge in [-0.05, 0) is 42.5 Å². The number of hydrogen-bond acceptors (Lipinski definition) is 4. The molecular weight excluding hydrogens is 381 g/mol. The molecule has 2 N–H and O–H groups in total. The summed E-state index contributed by atoms with van der Waals surface area (Å²) in [5.74, 6) is -0.430. The zero-order valence-electron chi connectivity index (χ0n) is 13.0. The highest BCUT2D eigenvalue weighted by Crippen LogP contribution is 2.34. The summed E-state index contributed by atoms with van der Waals surface area (Å²) in [6.07, 6.45) is 2.95. The van der Waals surface area contributed by atoms with E-state index in [2.05, 4.69) is 15.3 Å². The van der Waals surface area contributed by atoms with Crippen molar-refractivity contribution in [3.63, 3.8) is 0 Å². The van der Waals surface area contributed by atoms with Gasteiger partial charge in [0.05, 0.1) is 5.39 Å². The number of hydrogen-bond donors (Lipinski definition) is 2. The summed E-state index contributed by atoms with van der Waals surface area (Å²) in [4.78, 5) is 33.5. The van der Waals surface area contributed by atoms with Gasteiger partial charge in [0.2, 0.25) is 5.82 Å². The summed E-state index contributed by atoms with van der Waals surface area (Å²) < 4.78 is 0. The Kier molecular flexibility index (Phi) is 4.27. The molecular formula is C17H13Cl2N3O2S. The van der Waals surface area contributed by atoms with Gasteiger partial charge in [0.15, 0.2) is 0 Å². The summed E-state index contributed by atoms with van der Waals surface area (Å²) in [5.41, 5.74) is 1.57. The van der Waals surface area contributed by atoms with Gasteiger partial charge in [-0.3, -0.25) is 9.59 Å². The van der Waals surface area contributed by atoms with Crippen LogP contribution in [-0.4, -0.2) is 15.9 Å². The minimum absolute atomic E-state index is 0.0162. The fourth-order valence-corrected chi connectivity index (χ4v) is 4.77. The van der Waals surface area contributed by atoms with E-state index < -0.39 is 5.91 Å². The van der Waals surface area contributed by atoms with Crippen molar-refractivity contribution in [2.24, 2.45) is 0 Å². The lowest BCUT2D eigenvalue weighted by Crippen LogP contribution is -2.27. The van der Waals surface area contributed by atoms with Crippen LogP contribution in [0.3, 0.4) is 0 Å². The quantitative estimate of drug-likeness (QED) is 0.711. The molecule has 1 amide bonds. The molecule has 2 heterocycles. The second-order valence-corrected chi connectivity index (χ2v) is 7.80. The number of thiophene rings is 1. The maximum Gasteiger partial charge on any atom is 0.287 e. The molecule has 1 aliphatic rings. The molecule has 1 aromatic carbocycles. The molecule has 2 aromatic heterocycles. The Morgan fingerprint density at radius 3 is 2.96 bits per heavy atom. The molecule has 128 valence electrons. The van der Waals surface area contributed by atoms with Gasteiger partial charge >= 0.3 is 0 Å². The Morgan fingerprint density at radius 2 is 2.16 bits per heavy atom. The van der Waals surface area contributed by atoms with E-state index >= 15 is 0 Å². The van der Waals surface area contributed by atoms with E-state index in [4.69, 9.17) is 23.2 Å². The van der Waals surface area contributed by atoms with Gasteiger partial charge in [0.25, 0.3) is 11.5 Å². The molecule has 0 saturated carbocycles. The van der Waals surface area contributed by atoms with Crippen LogP contribution in [0.5, 0.6) is 0 Å². The SMILES string of the molecule is O=C(NCc1ccc(Cl)cc1Cl)c1nc2sc3c(c2c(=O)[nH]1)CCC3. The lowest BCUT2D eigenvalue weighted by atomic mass is 10.2. The molecule has 0 aliphatic heterocycles. The molecule has 0 radical (unpaired) electrons. The van der Waals surface area contributed by atoms with Crippen molar-refractivity contribution in [2.75, 3.05) is 0 Å². The van der Waals surface area contributed by atoms with Crippen LogP contribution in [0.25, 0.3) is 10.2 Å². The highest BCUT2D eigenvalue weighted by Gasteiger charge is 2.22. The number of aromatic nitrogens is 2. The van der Waals surface area contributed by atoms with E-state index in [1.54, 1.807) is 18.2 Å². The van der Waals surface area contributed by atoms with Crippen molar-refractivity contribution >= 4 is 50.7 Å². The second-order valence-electron chi connectivity index (χ2n) is 5.87. The van der Waals surface area contributed by atoms with Crippen molar-refractivity contribution in [2.45, 2.75) is 25.8 Å². The molecule has 0 bridgehead atoms. The van der Waals surface area contributed by atoms with Gasteiger partial charge in [-0.1, -0.05) is 29.3 Å². The third-order valence-corrected chi connectivity index (χ3v) is 6.02. The van der Waals surface area contributed by atoms with Gasteiger partial charge in [0.1, 0.15) is 4.83 Å². The Balaban J connectivity index is 1.59. The molecule has 25 heavy (non-hydrogen) atoms. The maximum absolute atomic E-state index is 12.4. The number of H-pyrrole nitrogens is 1. The predicted octanol–water partition coefficient (Wildman–Crippen LogP) is 3.71. The number of benzene rings is 1. The minimum Gasteiger partial charge on any atom is -0.345 e. The van der Waals surface area contributed by atoms with Crippen LogP contribution in [0.2, 0.25) is 10.0 Å². The Morgan fingerprint density at radius 1 is 1.32 bits per heavy atom. The van der Waals surface area contributed by atoms with Gasteiger partial charge in [-0.2, -0.15) is 0 Å². The molecule has 0 fully saturated rings. The Labute approximate surface area is 157 Å². The normalized spacial score (nSPS) is 13.2. The molecule has 0 unspecified atom stereocenters. The van der Waals surface area contributed by atoms with Crippen LogP contribution in [0.15, 0.2) is 23.0 Å². The van der Waals surface area contributed by atoms with Crippen molar-refractivity contribution < 1.29 is 4.79 Å². The number of carbonyl (C=O) groups is 1. The minimum atomic E-state index is -0.446. The lowest BCUT2D eigenvalue weighted by molar-refractivity contribution is 0.0940. The third kappa shape index (κ3) is 3.05. The molecule has 0 saturated heterocycles. The van der Waals surface area contributed by atoms with Crippen LogP contribution in [0, 0.1) is 0 Å². The number of carbonyl (C=O) groups excluding carboxylic acids is 1. The van der Waals surface area contributed by atoms with Crippen molar-refractivity contribution in [3.05, 3.63) is 60.4 Å². The summed E-state index contributed by atoms with van der Waals surface area (Å²) in [6, 6.07) is 5.06. The Bertz CT molecular complexity index is 1060. The average molecular weight is 394 g/mol. The highest BCUT2D eigenvalue weighted by molar-refractivity contribution is 7.18. The molecule has 0 spiro atoms. The van der Waals surface area contributed by atoms with Gasteiger partial charge in [-0.15, -0.1) is 11.3 Å². The number of aromatic amines is 1. The number of fused-ring (bicyclic) bond motifs is 3. The van der Waals surface area contributed by atoms with E-state index in [-0.39, 0.29) is 17.9 Å². The molecule has 8 heteroatoms. The van der Waals surface area contributed by atoms with Crippen LogP contribution >= 0.6 is 34.5 Å². The topological polar surface area (TPSA) is 74.8 Å². The highest BCUT2D eigenvalue weighted by atomic mass is 35.5. The summed E-state index contributed by atoms with van der Waals surface area (Å²) in [5, 5.41) is 4.36. The van der Waals surface area contributed by atoms with Crippen LogP contribution < -0.4 is 10.9 Å². The number of nitrogens with zero attached hydrogens (tertiary/aromatic N) is 1. The molecule has 0 atom stereocenters. The number of amides is 1. The monoisotopic (exact) mass is 393 g/mol. The van der Waals surface area contributed by atoms with Gasteiger partial charge < -0.3 is 10.3 Å². The number of nitrogens with one attached hydrogen (secondary N) is 2. The first kappa shape index (κ1) is 16.6. The lowest BCUT2D eigenvalue weighted by Gasteiger charge is -2.07. The molecule has 1 aliphatic carbocycles. The fraction of sp³-hybridized carbons (Fsp3) is 0.235. The number of halogens is 2. The predicted molar refractivity (Wildman–Crippen MR) is 99.9 cm³/mol. The van der Waals surface area contributed by atoms with E-state index in [0.29, 0.717) is 20.3 Å². The Hall–Kier alpha value is -1.89. The first-order valence-electron chi connectivity index (χ1n) is 7.79. The third-order valence-electron chi connectivity index (χ3n) is 4.24. The van der Waals surface area contributed by atoms with E-state index in [0.717, 1.165) is 30.4 Å². The van der Waals surface area contributed by atoms with Crippen molar-refractivity contribution in [3.8, 4) is 0 Å². The molecule has 5 nitrogen and oxygen atoms in total. The summed E-state index contributed by atoms with van der Waals surface area (Å²) in [6.45, 7) is 0.220. The first-order chi connectivity index (χ1) is 12.0. The van der Waals surface area contributed by atoms with E-state index in [1.807, 2.05) is 0 Å². The summed E-state index contributed by atoms with van der Waals surface area (Å²) in [7, 11) is 0. The average Bonchev–Trinajstić information content (AvgIpc) is 3.14. The van der Waals surface area contributed by atoms with Gasteiger partial charge in [0, 0.05) is 21.5 Å². The number of rotatable bonds is 3. The van der Waals surface area contributed by atoms with Crippen LogP contribution in [-0.2, 0) is 19.4 Å². The largest absolute Gasteiger partial charge is 0.345 e. The maximum atomic E-state index is 12.4. The smallest absolute Gasteiger partial charge is 0.287 e. The second kappa shape index (κ2) is 6.44. The standard InChI is InChI=1S/C17H13Cl2N3O2S/c18-9-5-4-8(11(19)6-9)7-20-16(24)14-21-15(23)13-10-2-1-3-12(10)25-17(13)22-14/h4-6H,1-3,7H2,(H,20,24)(H,21,22,23). The zero-order chi connectivity index (χ0) is 17.6. The van der Waals surface area contributed by atoms with Crippen LogP contribution in [0.4, 0.5) is 0 Å². The van der Waals surface area contributed by atoms with E-state index in [1.165, 1.54) is 16.2 Å². The fourth-order valence-electron chi connectivity index (χ4n) is 3.03. The molecule has 4 rings (SSSR count). The number of aryl methyl sites for hydroxylation is 2. The van der Waals surface area contributed by atoms with Crippen molar-refractivity contribution in [1.82, 2.24) is 15.3 Å². The molecule has 3 aromatic rings.